The summed E-state index contributed by atoms with van der Waals surface area (Å²) in [7, 11) is 0. The van der Waals surface area contributed by atoms with Gasteiger partial charge in [-0.05, 0) is 29.8 Å². The van der Waals surface area contributed by atoms with Crippen molar-refractivity contribution in [2.24, 2.45) is 0 Å². The highest BCUT2D eigenvalue weighted by Gasteiger charge is 2.17. The zero-order valence-electron chi connectivity index (χ0n) is 10.8. The molecule has 0 aliphatic carbocycles. The maximum atomic E-state index is 5.89. The van der Waals surface area contributed by atoms with E-state index in [1.54, 1.807) is 0 Å². The first-order valence-electron chi connectivity index (χ1n) is 6.27. The van der Waals surface area contributed by atoms with E-state index in [-0.39, 0.29) is 0 Å². The second-order valence-corrected chi connectivity index (χ2v) is 4.57. The van der Waals surface area contributed by atoms with Crippen molar-refractivity contribution in [1.82, 2.24) is 10.1 Å². The van der Waals surface area contributed by atoms with Crippen molar-refractivity contribution < 1.29 is 9.26 Å². The monoisotopic (exact) mass is 260 g/mol. The van der Waals surface area contributed by atoms with Crippen LogP contribution < -0.4 is 10.6 Å². The van der Waals surface area contributed by atoms with Crippen LogP contribution in [0.15, 0.2) is 22.7 Å². The summed E-state index contributed by atoms with van der Waals surface area (Å²) < 4.78 is 10.6. The first kappa shape index (κ1) is 12.0. The highest BCUT2D eigenvalue weighted by Crippen LogP contribution is 2.24. The molecular formula is C13H16N4O2. The van der Waals surface area contributed by atoms with Crippen LogP contribution in [0.2, 0.25) is 0 Å². The molecule has 19 heavy (non-hydrogen) atoms. The van der Waals surface area contributed by atoms with Gasteiger partial charge in [0, 0.05) is 24.3 Å². The summed E-state index contributed by atoms with van der Waals surface area (Å²) in [5, 5.41) is 4.01. The molecule has 2 heterocycles. The number of aryl methyl sites for hydroxylation is 1. The van der Waals surface area contributed by atoms with Crippen molar-refractivity contribution in [3.05, 3.63) is 23.8 Å². The molecule has 1 aromatic carbocycles. The van der Waals surface area contributed by atoms with Gasteiger partial charge < -0.3 is 19.9 Å². The number of hydrogen-bond donors (Lipinski definition) is 1. The third-order valence-electron chi connectivity index (χ3n) is 3.24. The zero-order chi connectivity index (χ0) is 13.2. The molecule has 3 rings (SSSR count). The fourth-order valence-electron chi connectivity index (χ4n) is 2.00. The number of rotatable bonds is 2. The highest BCUT2D eigenvalue weighted by atomic mass is 16.5. The van der Waals surface area contributed by atoms with Crippen LogP contribution in [0.25, 0.3) is 11.5 Å². The number of anilines is 2. The number of nitrogens with two attached hydrogens (primary N) is 1. The molecule has 1 saturated heterocycles. The molecule has 1 aliphatic rings. The van der Waals surface area contributed by atoms with Crippen LogP contribution in [0.5, 0.6) is 0 Å². The molecule has 0 bridgehead atoms. The van der Waals surface area contributed by atoms with Gasteiger partial charge in [0.25, 0.3) is 11.8 Å². The fraction of sp³-hybridized carbons (Fsp3) is 0.385. The van der Waals surface area contributed by atoms with Gasteiger partial charge in [0.05, 0.1) is 13.2 Å². The molecule has 6 heteroatoms. The van der Waals surface area contributed by atoms with E-state index in [1.165, 1.54) is 0 Å². The summed E-state index contributed by atoms with van der Waals surface area (Å²) in [6, 6.07) is 5.73. The lowest BCUT2D eigenvalue weighted by Gasteiger charge is -2.24. The predicted molar refractivity (Wildman–Crippen MR) is 71.9 cm³/mol. The number of nitrogens with zero attached hydrogens (tertiary/aromatic N) is 3. The van der Waals surface area contributed by atoms with Crippen molar-refractivity contribution >= 4 is 11.6 Å². The minimum atomic E-state index is 0.494. The van der Waals surface area contributed by atoms with Crippen LogP contribution in [0, 0.1) is 6.92 Å². The van der Waals surface area contributed by atoms with Crippen molar-refractivity contribution in [3.63, 3.8) is 0 Å². The maximum absolute atomic E-state index is 5.89. The molecule has 0 unspecified atom stereocenters. The van der Waals surface area contributed by atoms with Gasteiger partial charge in [-0.25, -0.2) is 0 Å². The Balaban J connectivity index is 1.85. The molecule has 1 aromatic heterocycles. The van der Waals surface area contributed by atoms with Crippen LogP contribution in [-0.2, 0) is 4.74 Å². The Morgan fingerprint density at radius 3 is 2.79 bits per heavy atom. The maximum Gasteiger partial charge on any atom is 0.266 e. The SMILES string of the molecule is Cc1ccc(-c2nc(N3CCOCC3)no2)cc1N. The number of benzene rings is 1. The topological polar surface area (TPSA) is 77.4 Å². The van der Waals surface area contributed by atoms with Crippen LogP contribution >= 0.6 is 0 Å². The Bertz CT molecular complexity index is 576. The summed E-state index contributed by atoms with van der Waals surface area (Å²) in [6.45, 7) is 4.93. The van der Waals surface area contributed by atoms with E-state index >= 15 is 0 Å². The number of morpholine rings is 1. The van der Waals surface area contributed by atoms with Crippen molar-refractivity contribution in [1.29, 1.82) is 0 Å². The molecule has 1 fully saturated rings. The molecule has 2 N–H and O–H groups in total. The Morgan fingerprint density at radius 1 is 1.26 bits per heavy atom. The zero-order valence-corrected chi connectivity index (χ0v) is 10.8. The molecule has 0 radical (unpaired) electrons. The van der Waals surface area contributed by atoms with Gasteiger partial charge in [0.15, 0.2) is 0 Å². The van der Waals surface area contributed by atoms with Gasteiger partial charge in [0.2, 0.25) is 0 Å². The standard InChI is InChI=1S/C13H16N4O2/c1-9-2-3-10(8-11(9)14)12-15-13(16-19-12)17-4-6-18-7-5-17/h2-3,8H,4-7,14H2,1H3. The first-order valence-corrected chi connectivity index (χ1v) is 6.27. The quantitative estimate of drug-likeness (QED) is 0.824. The van der Waals surface area contributed by atoms with Crippen molar-refractivity contribution in [2.45, 2.75) is 6.92 Å². The molecule has 2 aromatic rings. The van der Waals surface area contributed by atoms with Crippen molar-refractivity contribution in [2.75, 3.05) is 36.9 Å². The third-order valence-corrected chi connectivity index (χ3v) is 3.24. The molecular weight excluding hydrogens is 244 g/mol. The van der Waals surface area contributed by atoms with Gasteiger partial charge in [-0.3, -0.25) is 0 Å². The summed E-state index contributed by atoms with van der Waals surface area (Å²) >= 11 is 0. The summed E-state index contributed by atoms with van der Waals surface area (Å²) in [5.41, 5.74) is 8.50. The average Bonchev–Trinajstić information content (AvgIpc) is 2.93. The van der Waals surface area contributed by atoms with E-state index in [0.717, 1.165) is 29.9 Å². The largest absolute Gasteiger partial charge is 0.398 e. The van der Waals surface area contributed by atoms with Gasteiger partial charge in [-0.1, -0.05) is 6.07 Å². The van der Waals surface area contributed by atoms with Gasteiger partial charge >= 0.3 is 0 Å². The number of hydrogen-bond acceptors (Lipinski definition) is 6. The molecule has 6 nitrogen and oxygen atoms in total. The van der Waals surface area contributed by atoms with Crippen molar-refractivity contribution in [3.8, 4) is 11.5 Å². The Kier molecular flexibility index (Phi) is 3.08. The van der Waals surface area contributed by atoms with Gasteiger partial charge in [-0.15, -0.1) is 0 Å². The lowest BCUT2D eigenvalue weighted by atomic mass is 10.1. The van der Waals surface area contributed by atoms with Gasteiger partial charge in [-0.2, -0.15) is 4.98 Å². The number of ether oxygens (including phenoxy) is 1. The Morgan fingerprint density at radius 2 is 2.05 bits per heavy atom. The molecule has 0 spiro atoms. The van der Waals surface area contributed by atoms with E-state index < -0.39 is 0 Å². The summed E-state index contributed by atoms with van der Waals surface area (Å²) in [4.78, 5) is 6.46. The third kappa shape index (κ3) is 2.39. The molecule has 1 aliphatic heterocycles. The minimum absolute atomic E-state index is 0.494. The second-order valence-electron chi connectivity index (χ2n) is 4.57. The summed E-state index contributed by atoms with van der Waals surface area (Å²) in [6.07, 6.45) is 0. The van der Waals surface area contributed by atoms with Gasteiger partial charge in [0.1, 0.15) is 0 Å². The molecule has 0 saturated carbocycles. The van der Waals surface area contributed by atoms with E-state index in [2.05, 4.69) is 10.1 Å². The first-order chi connectivity index (χ1) is 9.24. The average molecular weight is 260 g/mol. The Hall–Kier alpha value is -2.08. The number of nitrogen functional groups attached to an aromatic ring is 1. The van der Waals surface area contributed by atoms with Crippen LogP contribution in [0.3, 0.4) is 0 Å². The second kappa shape index (κ2) is 4.89. The lowest BCUT2D eigenvalue weighted by Crippen LogP contribution is -2.36. The molecule has 0 atom stereocenters. The van der Waals surface area contributed by atoms with E-state index in [0.29, 0.717) is 25.1 Å². The molecule has 0 amide bonds. The predicted octanol–water partition coefficient (Wildman–Crippen LogP) is 1.46. The van der Waals surface area contributed by atoms with E-state index in [4.69, 9.17) is 15.0 Å². The smallest absolute Gasteiger partial charge is 0.266 e. The highest BCUT2D eigenvalue weighted by molar-refractivity contribution is 5.63. The Labute approximate surface area is 111 Å². The normalized spacial score (nSPS) is 15.7. The van der Waals surface area contributed by atoms with Crippen LogP contribution in [0.1, 0.15) is 5.56 Å². The van der Waals surface area contributed by atoms with E-state index in [9.17, 15) is 0 Å². The number of aromatic nitrogens is 2. The lowest BCUT2D eigenvalue weighted by molar-refractivity contribution is 0.121. The van der Waals surface area contributed by atoms with E-state index in [1.807, 2.05) is 30.0 Å². The summed E-state index contributed by atoms with van der Waals surface area (Å²) in [5.74, 6) is 1.10. The molecule has 100 valence electrons. The van der Waals surface area contributed by atoms with Crippen LogP contribution in [-0.4, -0.2) is 36.4 Å². The minimum Gasteiger partial charge on any atom is -0.398 e. The van der Waals surface area contributed by atoms with Crippen LogP contribution in [0.4, 0.5) is 11.6 Å². The fourth-order valence-corrected chi connectivity index (χ4v) is 2.00.